The number of carbonyl (C=O) groups is 2. The molecule has 2 saturated heterocycles. The Bertz CT molecular complexity index is 819. The highest BCUT2D eigenvalue weighted by Crippen LogP contribution is 2.33. The van der Waals surface area contributed by atoms with E-state index in [0.29, 0.717) is 17.5 Å². The first-order valence-electron chi connectivity index (χ1n) is 10.0. The number of rotatable bonds is 5. The monoisotopic (exact) mass is 417 g/mol. The van der Waals surface area contributed by atoms with Gasteiger partial charge in [-0.15, -0.1) is 0 Å². The molecule has 1 atom stereocenters. The summed E-state index contributed by atoms with van der Waals surface area (Å²) in [5.41, 5.74) is 0.892. The third-order valence-electron chi connectivity index (χ3n) is 5.36. The summed E-state index contributed by atoms with van der Waals surface area (Å²) >= 11 is 0. The van der Waals surface area contributed by atoms with Crippen LogP contribution in [0, 0.1) is 5.92 Å². The number of piperidine rings is 1. The van der Waals surface area contributed by atoms with Crippen LogP contribution in [0.25, 0.3) is 11.3 Å². The number of carboxylic acid groups (broad SMARTS) is 2. The molecule has 2 aromatic rings. The van der Waals surface area contributed by atoms with Crippen LogP contribution in [0.5, 0.6) is 0 Å². The van der Waals surface area contributed by atoms with Gasteiger partial charge in [0, 0.05) is 38.3 Å². The van der Waals surface area contributed by atoms with Gasteiger partial charge >= 0.3 is 5.97 Å². The van der Waals surface area contributed by atoms with Gasteiger partial charge in [0.25, 0.3) is 6.47 Å². The van der Waals surface area contributed by atoms with E-state index in [2.05, 4.69) is 15.0 Å². The van der Waals surface area contributed by atoms with Crippen LogP contribution in [-0.4, -0.2) is 78.6 Å². The Morgan fingerprint density at radius 2 is 1.90 bits per heavy atom. The average molecular weight is 417 g/mol. The SMILES string of the molecule is O=C(O)c1c(N2CCCC(CN3CCOCC3)C2)noc1-c1ccccc1.O=CO. The molecule has 3 heterocycles. The van der Waals surface area contributed by atoms with Crippen molar-refractivity contribution in [2.24, 2.45) is 5.92 Å². The summed E-state index contributed by atoms with van der Waals surface area (Å²) in [5.74, 6) is 0.275. The average Bonchev–Trinajstić information content (AvgIpc) is 3.22. The molecule has 0 amide bonds. The molecule has 2 N–H and O–H groups in total. The van der Waals surface area contributed by atoms with E-state index in [0.717, 1.165) is 64.3 Å². The first-order valence-corrected chi connectivity index (χ1v) is 10.0. The quantitative estimate of drug-likeness (QED) is 0.707. The Kier molecular flexibility index (Phi) is 7.81. The van der Waals surface area contributed by atoms with E-state index < -0.39 is 5.97 Å². The van der Waals surface area contributed by atoms with E-state index in [1.165, 1.54) is 0 Å². The molecule has 2 aliphatic rings. The number of aromatic carboxylic acids is 1. The van der Waals surface area contributed by atoms with Gasteiger partial charge in [-0.2, -0.15) is 0 Å². The molecule has 0 saturated carbocycles. The Balaban J connectivity index is 0.000000806. The second-order valence-corrected chi connectivity index (χ2v) is 7.35. The van der Waals surface area contributed by atoms with Crippen LogP contribution in [0.2, 0.25) is 0 Å². The first-order chi connectivity index (χ1) is 14.6. The van der Waals surface area contributed by atoms with Crippen LogP contribution >= 0.6 is 0 Å². The van der Waals surface area contributed by atoms with Crippen LogP contribution in [0.4, 0.5) is 5.82 Å². The molecule has 4 rings (SSSR count). The van der Waals surface area contributed by atoms with Crippen molar-refractivity contribution in [1.82, 2.24) is 10.1 Å². The number of carboxylic acids is 1. The number of aromatic nitrogens is 1. The summed E-state index contributed by atoms with van der Waals surface area (Å²) < 4.78 is 10.9. The summed E-state index contributed by atoms with van der Waals surface area (Å²) in [6.45, 7) is 5.91. The molecule has 1 unspecified atom stereocenters. The number of anilines is 1. The zero-order chi connectivity index (χ0) is 21.3. The summed E-state index contributed by atoms with van der Waals surface area (Å²) in [6.07, 6.45) is 2.18. The predicted molar refractivity (Wildman–Crippen MR) is 110 cm³/mol. The molecule has 9 heteroatoms. The standard InChI is InChI=1S/C20H25N3O4.CH2O2/c24-20(25)17-18(16-6-2-1-3-7-16)27-21-19(17)23-8-4-5-15(14-23)13-22-9-11-26-12-10-22;2-1-3/h1-3,6-7,15H,4-5,8-14H2,(H,24,25);1H,(H,2,3). The van der Waals surface area contributed by atoms with Crippen molar-refractivity contribution in [2.45, 2.75) is 12.8 Å². The molecule has 0 aliphatic carbocycles. The van der Waals surface area contributed by atoms with Crippen LogP contribution in [-0.2, 0) is 9.53 Å². The fourth-order valence-electron chi connectivity index (χ4n) is 4.03. The Morgan fingerprint density at radius 1 is 1.20 bits per heavy atom. The lowest BCUT2D eigenvalue weighted by Crippen LogP contribution is -2.45. The van der Waals surface area contributed by atoms with E-state index >= 15 is 0 Å². The Hall–Kier alpha value is -2.91. The number of ether oxygens (including phenoxy) is 1. The lowest BCUT2D eigenvalue weighted by molar-refractivity contribution is -0.122. The fourth-order valence-corrected chi connectivity index (χ4v) is 4.03. The van der Waals surface area contributed by atoms with Crippen molar-refractivity contribution in [2.75, 3.05) is 50.8 Å². The minimum Gasteiger partial charge on any atom is -0.483 e. The van der Waals surface area contributed by atoms with E-state index in [4.69, 9.17) is 19.2 Å². The maximum absolute atomic E-state index is 12.0. The molecule has 0 spiro atoms. The fraction of sp³-hybridized carbons (Fsp3) is 0.476. The van der Waals surface area contributed by atoms with Crippen molar-refractivity contribution in [3.63, 3.8) is 0 Å². The maximum atomic E-state index is 12.0. The largest absolute Gasteiger partial charge is 0.483 e. The molecule has 0 radical (unpaired) electrons. The third-order valence-corrected chi connectivity index (χ3v) is 5.36. The predicted octanol–water partition coefficient (Wildman–Crippen LogP) is 2.29. The van der Waals surface area contributed by atoms with E-state index in [1.54, 1.807) is 0 Å². The molecule has 30 heavy (non-hydrogen) atoms. The zero-order valence-corrected chi connectivity index (χ0v) is 16.8. The number of hydrogen-bond acceptors (Lipinski definition) is 7. The highest BCUT2D eigenvalue weighted by atomic mass is 16.5. The van der Waals surface area contributed by atoms with Crippen molar-refractivity contribution in [3.8, 4) is 11.3 Å². The molecule has 1 aromatic heterocycles. The molecule has 162 valence electrons. The smallest absolute Gasteiger partial charge is 0.343 e. The van der Waals surface area contributed by atoms with Crippen molar-refractivity contribution in [3.05, 3.63) is 35.9 Å². The van der Waals surface area contributed by atoms with Crippen LogP contribution in [0.1, 0.15) is 23.2 Å². The molecular weight excluding hydrogens is 390 g/mol. The molecule has 9 nitrogen and oxygen atoms in total. The second kappa shape index (κ2) is 10.7. The number of benzene rings is 1. The van der Waals surface area contributed by atoms with Crippen molar-refractivity contribution < 1.29 is 29.1 Å². The number of morpholine rings is 1. The first kappa shape index (κ1) is 21.8. The molecule has 0 bridgehead atoms. The number of hydrogen-bond donors (Lipinski definition) is 2. The highest BCUT2D eigenvalue weighted by molar-refractivity contribution is 5.99. The van der Waals surface area contributed by atoms with Crippen molar-refractivity contribution in [1.29, 1.82) is 0 Å². The molecular formula is C21H27N3O6. The summed E-state index contributed by atoms with van der Waals surface area (Å²) in [5, 5.41) is 20.8. The van der Waals surface area contributed by atoms with E-state index in [1.807, 2.05) is 30.3 Å². The van der Waals surface area contributed by atoms with Gasteiger partial charge in [0.15, 0.2) is 17.1 Å². The van der Waals surface area contributed by atoms with E-state index in [-0.39, 0.29) is 12.0 Å². The topological polar surface area (TPSA) is 116 Å². The van der Waals surface area contributed by atoms with E-state index in [9.17, 15) is 9.90 Å². The summed E-state index contributed by atoms with van der Waals surface area (Å²) in [4.78, 5) is 24.8. The Labute approximate surface area is 174 Å². The molecule has 2 aliphatic heterocycles. The highest BCUT2D eigenvalue weighted by Gasteiger charge is 2.31. The Morgan fingerprint density at radius 3 is 2.57 bits per heavy atom. The van der Waals surface area contributed by atoms with Crippen molar-refractivity contribution >= 4 is 18.3 Å². The lowest BCUT2D eigenvalue weighted by atomic mass is 9.96. The van der Waals surface area contributed by atoms with Gasteiger partial charge in [0.05, 0.1) is 13.2 Å². The maximum Gasteiger partial charge on any atom is 0.343 e. The van der Waals surface area contributed by atoms with Gasteiger partial charge in [-0.1, -0.05) is 35.5 Å². The summed E-state index contributed by atoms with van der Waals surface area (Å²) in [6, 6.07) is 9.30. The van der Waals surface area contributed by atoms with Crippen LogP contribution < -0.4 is 4.90 Å². The minimum atomic E-state index is -1.000. The summed E-state index contributed by atoms with van der Waals surface area (Å²) in [7, 11) is 0. The van der Waals surface area contributed by atoms with Crippen LogP contribution in [0.3, 0.4) is 0 Å². The third kappa shape index (κ3) is 5.37. The normalized spacial score (nSPS) is 19.6. The van der Waals surface area contributed by atoms with Gasteiger partial charge in [0.1, 0.15) is 0 Å². The van der Waals surface area contributed by atoms with Gasteiger partial charge in [0.2, 0.25) is 0 Å². The molecule has 1 aromatic carbocycles. The van der Waals surface area contributed by atoms with Crippen LogP contribution in [0.15, 0.2) is 34.9 Å². The van der Waals surface area contributed by atoms with Gasteiger partial charge < -0.3 is 24.4 Å². The lowest BCUT2D eigenvalue weighted by Gasteiger charge is -2.36. The molecule has 2 fully saturated rings. The van der Waals surface area contributed by atoms with Gasteiger partial charge in [-0.3, -0.25) is 9.69 Å². The zero-order valence-electron chi connectivity index (χ0n) is 16.8. The van der Waals surface area contributed by atoms with Gasteiger partial charge in [-0.25, -0.2) is 4.79 Å². The van der Waals surface area contributed by atoms with Gasteiger partial charge in [-0.05, 0) is 18.8 Å². The second-order valence-electron chi connectivity index (χ2n) is 7.35. The number of nitrogens with zero attached hydrogens (tertiary/aromatic N) is 3. The minimum absolute atomic E-state index is 0.160.